The SMILES string of the molecule is CC(Cc1cccc(CF)c1O)C(=O)O. The summed E-state index contributed by atoms with van der Waals surface area (Å²) in [5, 5.41) is 18.3. The zero-order valence-corrected chi connectivity index (χ0v) is 8.40. The van der Waals surface area contributed by atoms with Gasteiger partial charge in [0.1, 0.15) is 12.4 Å². The molecule has 1 atom stereocenters. The van der Waals surface area contributed by atoms with E-state index in [9.17, 15) is 14.3 Å². The van der Waals surface area contributed by atoms with E-state index in [1.54, 1.807) is 19.1 Å². The van der Waals surface area contributed by atoms with Crippen LogP contribution in [0.5, 0.6) is 5.75 Å². The first-order valence-electron chi connectivity index (χ1n) is 4.64. The van der Waals surface area contributed by atoms with Gasteiger partial charge in [0.2, 0.25) is 0 Å². The van der Waals surface area contributed by atoms with Crippen LogP contribution >= 0.6 is 0 Å². The largest absolute Gasteiger partial charge is 0.507 e. The van der Waals surface area contributed by atoms with Gasteiger partial charge in [-0.15, -0.1) is 0 Å². The highest BCUT2D eigenvalue weighted by atomic mass is 19.1. The Labute approximate surface area is 87.2 Å². The molecule has 1 aromatic carbocycles. The molecule has 0 saturated carbocycles. The Bertz CT molecular complexity index is 363. The lowest BCUT2D eigenvalue weighted by Gasteiger charge is -2.10. The number of benzene rings is 1. The normalized spacial score (nSPS) is 12.4. The zero-order chi connectivity index (χ0) is 11.4. The van der Waals surface area contributed by atoms with Crippen molar-refractivity contribution < 1.29 is 19.4 Å². The molecule has 1 unspecified atom stereocenters. The Morgan fingerprint density at radius 2 is 2.07 bits per heavy atom. The molecule has 0 fully saturated rings. The van der Waals surface area contributed by atoms with Crippen LogP contribution in [0.25, 0.3) is 0 Å². The molecule has 0 aliphatic carbocycles. The molecule has 0 aliphatic heterocycles. The van der Waals surface area contributed by atoms with Gasteiger partial charge in [-0.1, -0.05) is 25.1 Å². The molecule has 15 heavy (non-hydrogen) atoms. The summed E-state index contributed by atoms with van der Waals surface area (Å²) in [6.45, 7) is 0.797. The van der Waals surface area contributed by atoms with Crippen LogP contribution in [0.1, 0.15) is 18.1 Å². The van der Waals surface area contributed by atoms with E-state index in [4.69, 9.17) is 5.11 Å². The second-order valence-electron chi connectivity index (χ2n) is 3.50. The summed E-state index contributed by atoms with van der Waals surface area (Å²) in [6, 6.07) is 4.69. The highest BCUT2D eigenvalue weighted by Gasteiger charge is 2.15. The van der Waals surface area contributed by atoms with E-state index < -0.39 is 18.6 Å². The molecule has 82 valence electrons. The number of alkyl halides is 1. The predicted octanol–water partition coefficient (Wildman–Crippen LogP) is 2.12. The summed E-state index contributed by atoms with van der Waals surface area (Å²) in [5.74, 6) is -1.65. The van der Waals surface area contributed by atoms with Crippen molar-refractivity contribution in [3.05, 3.63) is 29.3 Å². The van der Waals surface area contributed by atoms with Crippen LogP contribution < -0.4 is 0 Å². The van der Waals surface area contributed by atoms with Crippen LogP contribution in [0.4, 0.5) is 4.39 Å². The number of carboxylic acids is 1. The van der Waals surface area contributed by atoms with E-state index in [-0.39, 0.29) is 17.7 Å². The molecule has 1 aromatic rings. The number of rotatable bonds is 4. The van der Waals surface area contributed by atoms with Crippen molar-refractivity contribution in [2.75, 3.05) is 0 Å². The lowest BCUT2D eigenvalue weighted by atomic mass is 9.99. The molecule has 2 N–H and O–H groups in total. The Morgan fingerprint density at radius 1 is 1.47 bits per heavy atom. The van der Waals surface area contributed by atoms with Gasteiger partial charge >= 0.3 is 5.97 Å². The number of carbonyl (C=O) groups is 1. The number of phenols is 1. The molecule has 1 rings (SSSR count). The fourth-order valence-electron chi connectivity index (χ4n) is 1.33. The van der Waals surface area contributed by atoms with E-state index in [2.05, 4.69) is 0 Å². The van der Waals surface area contributed by atoms with Crippen molar-refractivity contribution in [2.45, 2.75) is 20.0 Å². The summed E-state index contributed by atoms with van der Waals surface area (Å²) < 4.78 is 12.4. The first-order chi connectivity index (χ1) is 7.06. The van der Waals surface area contributed by atoms with E-state index >= 15 is 0 Å². The van der Waals surface area contributed by atoms with Gasteiger partial charge in [0.15, 0.2) is 0 Å². The van der Waals surface area contributed by atoms with Gasteiger partial charge in [0, 0.05) is 5.56 Å². The molecule has 0 saturated heterocycles. The number of para-hydroxylation sites is 1. The fraction of sp³-hybridized carbons (Fsp3) is 0.364. The van der Waals surface area contributed by atoms with Gasteiger partial charge in [-0.05, 0) is 12.0 Å². The molecule has 3 nitrogen and oxygen atoms in total. The van der Waals surface area contributed by atoms with Crippen molar-refractivity contribution in [3.63, 3.8) is 0 Å². The number of halogens is 1. The smallest absolute Gasteiger partial charge is 0.306 e. The van der Waals surface area contributed by atoms with Crippen molar-refractivity contribution in [1.29, 1.82) is 0 Å². The van der Waals surface area contributed by atoms with E-state index in [1.165, 1.54) is 6.07 Å². The molecule has 0 aromatic heterocycles. The molecule has 0 amide bonds. The first-order valence-corrected chi connectivity index (χ1v) is 4.64. The summed E-state index contributed by atoms with van der Waals surface area (Å²) >= 11 is 0. The van der Waals surface area contributed by atoms with E-state index in [1.807, 2.05) is 0 Å². The fourth-order valence-corrected chi connectivity index (χ4v) is 1.33. The van der Waals surface area contributed by atoms with Gasteiger partial charge in [0.05, 0.1) is 5.92 Å². The molecular formula is C11H13FO3. The van der Waals surface area contributed by atoms with Gasteiger partial charge in [0.25, 0.3) is 0 Å². The Balaban J connectivity index is 2.90. The third kappa shape index (κ3) is 2.68. The van der Waals surface area contributed by atoms with Gasteiger partial charge in [-0.25, -0.2) is 4.39 Å². The van der Waals surface area contributed by atoms with E-state index in [0.29, 0.717) is 5.56 Å². The summed E-state index contributed by atoms with van der Waals surface area (Å²) in [7, 11) is 0. The minimum absolute atomic E-state index is 0.131. The van der Waals surface area contributed by atoms with Crippen molar-refractivity contribution in [2.24, 2.45) is 5.92 Å². The minimum Gasteiger partial charge on any atom is -0.507 e. The Hall–Kier alpha value is -1.58. The zero-order valence-electron chi connectivity index (χ0n) is 8.40. The summed E-state index contributed by atoms with van der Waals surface area (Å²) in [5.41, 5.74) is 0.671. The van der Waals surface area contributed by atoms with Crippen molar-refractivity contribution in [1.82, 2.24) is 0 Å². The monoisotopic (exact) mass is 212 g/mol. The maximum atomic E-state index is 12.4. The average Bonchev–Trinajstić information content (AvgIpc) is 2.21. The number of aliphatic carboxylic acids is 1. The van der Waals surface area contributed by atoms with Crippen LogP contribution in [-0.2, 0) is 17.9 Å². The topological polar surface area (TPSA) is 57.5 Å². The van der Waals surface area contributed by atoms with Gasteiger partial charge < -0.3 is 10.2 Å². The third-order valence-electron chi connectivity index (χ3n) is 2.29. The number of hydrogen-bond donors (Lipinski definition) is 2. The van der Waals surface area contributed by atoms with Crippen LogP contribution in [0.15, 0.2) is 18.2 Å². The lowest BCUT2D eigenvalue weighted by Crippen LogP contribution is -2.12. The molecule has 0 heterocycles. The Morgan fingerprint density at radius 3 is 2.60 bits per heavy atom. The maximum Gasteiger partial charge on any atom is 0.306 e. The highest BCUT2D eigenvalue weighted by molar-refractivity contribution is 5.70. The maximum absolute atomic E-state index is 12.4. The van der Waals surface area contributed by atoms with Crippen molar-refractivity contribution >= 4 is 5.97 Å². The number of phenolic OH excluding ortho intramolecular Hbond substituents is 1. The average molecular weight is 212 g/mol. The van der Waals surface area contributed by atoms with E-state index in [0.717, 1.165) is 0 Å². The second kappa shape index (κ2) is 4.77. The van der Waals surface area contributed by atoms with Crippen LogP contribution in [0, 0.1) is 5.92 Å². The molecule has 0 spiro atoms. The number of aromatic hydroxyl groups is 1. The van der Waals surface area contributed by atoms with Crippen molar-refractivity contribution in [3.8, 4) is 5.75 Å². The molecular weight excluding hydrogens is 199 g/mol. The van der Waals surface area contributed by atoms with Crippen LogP contribution in [-0.4, -0.2) is 16.2 Å². The molecule has 4 heteroatoms. The molecule has 0 aliphatic rings. The minimum atomic E-state index is -0.931. The first kappa shape index (κ1) is 11.5. The highest BCUT2D eigenvalue weighted by Crippen LogP contribution is 2.25. The molecule has 0 radical (unpaired) electrons. The number of carboxylic acid groups (broad SMARTS) is 1. The van der Waals surface area contributed by atoms with Gasteiger partial charge in [-0.3, -0.25) is 4.79 Å². The Kier molecular flexibility index (Phi) is 3.66. The molecule has 0 bridgehead atoms. The predicted molar refractivity (Wildman–Crippen MR) is 53.4 cm³/mol. The summed E-state index contributed by atoms with van der Waals surface area (Å²) in [4.78, 5) is 10.6. The standard InChI is InChI=1S/C11H13FO3/c1-7(11(14)15)5-8-3-2-4-9(6-12)10(8)13/h2-4,7,13H,5-6H2,1H3,(H,14,15). The van der Waals surface area contributed by atoms with Crippen LogP contribution in [0.3, 0.4) is 0 Å². The lowest BCUT2D eigenvalue weighted by molar-refractivity contribution is -0.141. The number of hydrogen-bond acceptors (Lipinski definition) is 2. The van der Waals surface area contributed by atoms with Gasteiger partial charge in [-0.2, -0.15) is 0 Å². The van der Waals surface area contributed by atoms with Crippen LogP contribution in [0.2, 0.25) is 0 Å². The second-order valence-corrected chi connectivity index (χ2v) is 3.50. The quantitative estimate of drug-likeness (QED) is 0.803. The summed E-state index contributed by atoms with van der Waals surface area (Å²) in [6.07, 6.45) is 0.203. The third-order valence-corrected chi connectivity index (χ3v) is 2.29.